The molecule has 0 amide bonds. The van der Waals surface area contributed by atoms with Crippen LogP contribution in [0.2, 0.25) is 5.15 Å². The molecule has 0 saturated carbocycles. The third-order valence-corrected chi connectivity index (χ3v) is 3.06. The standard InChI is InChI=1S/C16H13ClN4.C2H6/c17-15-10-16(19-11-18-15)21-14-8-6-13(7-9-14)20-12-4-2-1-3-5-12;1-2/h1-11,20H,(H,18,19,21);1-2H3. The van der Waals surface area contributed by atoms with E-state index in [1.165, 1.54) is 6.33 Å². The first-order chi connectivity index (χ1) is 11.3. The van der Waals surface area contributed by atoms with Crippen LogP contribution in [0.25, 0.3) is 0 Å². The van der Waals surface area contributed by atoms with Crippen molar-refractivity contribution in [2.45, 2.75) is 13.8 Å². The summed E-state index contributed by atoms with van der Waals surface area (Å²) < 4.78 is 0. The van der Waals surface area contributed by atoms with Crippen LogP contribution in [0.3, 0.4) is 0 Å². The van der Waals surface area contributed by atoms with E-state index >= 15 is 0 Å². The molecule has 0 aliphatic carbocycles. The third-order valence-electron chi connectivity index (χ3n) is 2.85. The molecule has 0 spiro atoms. The fraction of sp³-hybridized carbons (Fsp3) is 0.111. The highest BCUT2D eigenvalue weighted by molar-refractivity contribution is 6.29. The molecule has 1 aromatic heterocycles. The third kappa shape index (κ3) is 5.27. The van der Waals surface area contributed by atoms with E-state index in [2.05, 4.69) is 20.6 Å². The first-order valence-corrected chi connectivity index (χ1v) is 7.84. The molecular formula is C18H19ClN4. The van der Waals surface area contributed by atoms with Crippen molar-refractivity contribution in [1.82, 2.24) is 9.97 Å². The van der Waals surface area contributed by atoms with E-state index < -0.39 is 0 Å². The number of aromatic nitrogens is 2. The number of nitrogens with zero attached hydrogens (tertiary/aromatic N) is 2. The average molecular weight is 327 g/mol. The van der Waals surface area contributed by atoms with E-state index in [0.29, 0.717) is 11.0 Å². The summed E-state index contributed by atoms with van der Waals surface area (Å²) >= 11 is 5.83. The molecule has 23 heavy (non-hydrogen) atoms. The smallest absolute Gasteiger partial charge is 0.135 e. The molecule has 0 fully saturated rings. The lowest BCUT2D eigenvalue weighted by Crippen LogP contribution is -1.95. The van der Waals surface area contributed by atoms with E-state index in [0.717, 1.165) is 17.1 Å². The number of hydrogen-bond donors (Lipinski definition) is 2. The van der Waals surface area contributed by atoms with E-state index in [4.69, 9.17) is 11.6 Å². The van der Waals surface area contributed by atoms with Gasteiger partial charge in [0, 0.05) is 23.1 Å². The van der Waals surface area contributed by atoms with Gasteiger partial charge in [-0.1, -0.05) is 43.6 Å². The van der Waals surface area contributed by atoms with E-state index in [1.807, 2.05) is 68.4 Å². The lowest BCUT2D eigenvalue weighted by molar-refractivity contribution is 1.17. The van der Waals surface area contributed by atoms with Gasteiger partial charge in [-0.15, -0.1) is 0 Å². The fourth-order valence-corrected chi connectivity index (χ4v) is 2.02. The lowest BCUT2D eigenvalue weighted by atomic mass is 10.2. The van der Waals surface area contributed by atoms with Crippen molar-refractivity contribution >= 4 is 34.5 Å². The minimum absolute atomic E-state index is 0.412. The molecular weight excluding hydrogens is 308 g/mol. The maximum atomic E-state index is 5.83. The summed E-state index contributed by atoms with van der Waals surface area (Å²) in [6, 6.07) is 19.7. The van der Waals surface area contributed by atoms with Crippen molar-refractivity contribution in [3.63, 3.8) is 0 Å². The van der Waals surface area contributed by atoms with Crippen LogP contribution >= 0.6 is 11.6 Å². The van der Waals surface area contributed by atoms with Gasteiger partial charge in [-0.3, -0.25) is 0 Å². The topological polar surface area (TPSA) is 49.8 Å². The van der Waals surface area contributed by atoms with E-state index in [9.17, 15) is 0 Å². The lowest BCUT2D eigenvalue weighted by Gasteiger charge is -2.09. The van der Waals surface area contributed by atoms with Crippen molar-refractivity contribution in [2.24, 2.45) is 0 Å². The van der Waals surface area contributed by atoms with Gasteiger partial charge in [0.25, 0.3) is 0 Å². The average Bonchev–Trinajstić information content (AvgIpc) is 2.59. The van der Waals surface area contributed by atoms with Crippen molar-refractivity contribution in [2.75, 3.05) is 10.6 Å². The van der Waals surface area contributed by atoms with Gasteiger partial charge < -0.3 is 10.6 Å². The minimum atomic E-state index is 0.412. The Morgan fingerprint density at radius 1 is 0.739 bits per heavy atom. The first-order valence-electron chi connectivity index (χ1n) is 7.46. The molecule has 3 aromatic rings. The van der Waals surface area contributed by atoms with Gasteiger partial charge in [0.2, 0.25) is 0 Å². The quantitative estimate of drug-likeness (QED) is 0.609. The highest BCUT2D eigenvalue weighted by Crippen LogP contribution is 2.21. The van der Waals surface area contributed by atoms with E-state index in [-0.39, 0.29) is 0 Å². The van der Waals surface area contributed by atoms with Crippen LogP contribution in [-0.4, -0.2) is 9.97 Å². The first kappa shape index (κ1) is 16.8. The van der Waals surface area contributed by atoms with Gasteiger partial charge in [0.1, 0.15) is 17.3 Å². The van der Waals surface area contributed by atoms with Crippen LogP contribution < -0.4 is 10.6 Å². The van der Waals surface area contributed by atoms with Crippen LogP contribution in [0.5, 0.6) is 0 Å². The molecule has 118 valence electrons. The molecule has 0 radical (unpaired) electrons. The molecule has 5 heteroatoms. The second-order valence-electron chi connectivity index (χ2n) is 4.42. The minimum Gasteiger partial charge on any atom is -0.356 e. The summed E-state index contributed by atoms with van der Waals surface area (Å²) in [4.78, 5) is 7.95. The number of rotatable bonds is 4. The van der Waals surface area contributed by atoms with Crippen LogP contribution in [0, 0.1) is 0 Å². The predicted octanol–water partition coefficient (Wildman–Crippen LogP) is 5.64. The Kier molecular flexibility index (Phi) is 6.39. The highest BCUT2D eigenvalue weighted by atomic mass is 35.5. The van der Waals surface area contributed by atoms with Crippen LogP contribution in [0.4, 0.5) is 22.9 Å². The summed E-state index contributed by atoms with van der Waals surface area (Å²) in [5.41, 5.74) is 3.01. The summed E-state index contributed by atoms with van der Waals surface area (Å²) in [5, 5.41) is 6.91. The molecule has 2 aromatic carbocycles. The Balaban J connectivity index is 0.000000924. The second-order valence-corrected chi connectivity index (χ2v) is 4.81. The van der Waals surface area contributed by atoms with Crippen LogP contribution in [0.1, 0.15) is 13.8 Å². The molecule has 1 heterocycles. The van der Waals surface area contributed by atoms with Crippen molar-refractivity contribution in [3.05, 3.63) is 72.1 Å². The summed E-state index contributed by atoms with van der Waals surface area (Å²) in [7, 11) is 0. The van der Waals surface area contributed by atoms with Crippen LogP contribution in [0.15, 0.2) is 67.0 Å². The van der Waals surface area contributed by atoms with Crippen molar-refractivity contribution in [3.8, 4) is 0 Å². The number of hydrogen-bond acceptors (Lipinski definition) is 4. The predicted molar refractivity (Wildman–Crippen MR) is 97.8 cm³/mol. The largest absolute Gasteiger partial charge is 0.356 e. The van der Waals surface area contributed by atoms with Crippen LogP contribution in [-0.2, 0) is 0 Å². The zero-order valence-electron chi connectivity index (χ0n) is 13.1. The molecule has 0 aliphatic heterocycles. The van der Waals surface area contributed by atoms with Crippen molar-refractivity contribution in [1.29, 1.82) is 0 Å². The van der Waals surface area contributed by atoms with Gasteiger partial charge in [-0.05, 0) is 36.4 Å². The Bertz CT molecular complexity index is 715. The van der Waals surface area contributed by atoms with Gasteiger partial charge >= 0.3 is 0 Å². The second kappa shape index (κ2) is 8.76. The Labute approximate surface area is 141 Å². The highest BCUT2D eigenvalue weighted by Gasteiger charge is 1.99. The molecule has 0 aliphatic rings. The van der Waals surface area contributed by atoms with Crippen molar-refractivity contribution < 1.29 is 0 Å². The normalized spacial score (nSPS) is 9.52. The Hall–Kier alpha value is -2.59. The fourth-order valence-electron chi connectivity index (χ4n) is 1.87. The molecule has 0 unspecified atom stereocenters. The number of para-hydroxylation sites is 1. The Morgan fingerprint density at radius 3 is 1.91 bits per heavy atom. The molecule has 0 bridgehead atoms. The zero-order valence-corrected chi connectivity index (χ0v) is 13.9. The van der Waals surface area contributed by atoms with Gasteiger partial charge in [-0.2, -0.15) is 0 Å². The molecule has 4 nitrogen and oxygen atoms in total. The number of halogens is 1. The van der Waals surface area contributed by atoms with E-state index in [1.54, 1.807) is 6.07 Å². The van der Waals surface area contributed by atoms with Gasteiger partial charge in [0.15, 0.2) is 0 Å². The molecule has 0 saturated heterocycles. The summed E-state index contributed by atoms with van der Waals surface area (Å²) in [6.45, 7) is 4.00. The number of benzene rings is 2. The molecule has 0 atom stereocenters. The van der Waals surface area contributed by atoms with Gasteiger partial charge in [0.05, 0.1) is 0 Å². The summed E-state index contributed by atoms with van der Waals surface area (Å²) in [6.07, 6.45) is 1.43. The monoisotopic (exact) mass is 326 g/mol. The maximum absolute atomic E-state index is 5.83. The Morgan fingerprint density at radius 2 is 1.30 bits per heavy atom. The molecule has 2 N–H and O–H groups in total. The molecule has 3 rings (SSSR count). The number of nitrogens with one attached hydrogen (secondary N) is 2. The number of anilines is 4. The SMILES string of the molecule is CC.Clc1cc(Nc2ccc(Nc3ccccc3)cc2)ncn1. The van der Waals surface area contributed by atoms with Gasteiger partial charge in [-0.25, -0.2) is 9.97 Å². The maximum Gasteiger partial charge on any atom is 0.135 e. The summed E-state index contributed by atoms with van der Waals surface area (Å²) in [5.74, 6) is 0.666. The zero-order chi connectivity index (χ0) is 16.5.